The molecule has 0 spiro atoms. The Labute approximate surface area is 246 Å². The van der Waals surface area contributed by atoms with Gasteiger partial charge in [0.2, 0.25) is 0 Å². The maximum Gasteiger partial charge on any atom is 0.331 e. The Bertz CT molecular complexity index is 1600. The molecule has 0 radical (unpaired) electrons. The van der Waals surface area contributed by atoms with Crippen molar-refractivity contribution in [3.05, 3.63) is 95.6 Å². The first kappa shape index (κ1) is 28.9. The van der Waals surface area contributed by atoms with Crippen LogP contribution in [0.25, 0.3) is 21.9 Å². The van der Waals surface area contributed by atoms with Crippen LogP contribution >= 0.6 is 0 Å². The molecule has 216 valence electrons. The van der Waals surface area contributed by atoms with Gasteiger partial charge in [0, 0.05) is 5.69 Å². The van der Waals surface area contributed by atoms with Crippen LogP contribution in [0.3, 0.4) is 0 Å². The fourth-order valence-corrected chi connectivity index (χ4v) is 5.95. The van der Waals surface area contributed by atoms with Gasteiger partial charge in [-0.15, -0.1) is 0 Å². The average molecular weight is 564 g/mol. The molecule has 0 aromatic heterocycles. The Morgan fingerprint density at radius 1 is 0.714 bits per heavy atom. The molecule has 4 aromatic carbocycles. The minimum atomic E-state index is -1.10. The van der Waals surface area contributed by atoms with Gasteiger partial charge in [-0.25, -0.2) is 9.59 Å². The van der Waals surface area contributed by atoms with Crippen molar-refractivity contribution in [3.63, 3.8) is 0 Å². The Morgan fingerprint density at radius 3 is 1.93 bits per heavy atom. The fraction of sp³-hybridized carbons (Fsp3) is 0.286. The number of hydrogen-bond donors (Lipinski definition) is 3. The summed E-state index contributed by atoms with van der Waals surface area (Å²) in [6.07, 6.45) is 4.68. The maximum atomic E-state index is 13.8. The number of anilines is 2. The van der Waals surface area contributed by atoms with Gasteiger partial charge in [0.25, 0.3) is 5.91 Å². The molecule has 1 saturated carbocycles. The lowest BCUT2D eigenvalue weighted by atomic mass is 9.89. The molecule has 3 amide bonds. The zero-order valence-corrected chi connectivity index (χ0v) is 24.4. The highest BCUT2D eigenvalue weighted by molar-refractivity contribution is 6.11. The first-order valence-electron chi connectivity index (χ1n) is 14.5. The van der Waals surface area contributed by atoms with Crippen LogP contribution in [0.4, 0.5) is 16.2 Å². The number of nitrogens with one attached hydrogen (secondary N) is 3. The van der Waals surface area contributed by atoms with Gasteiger partial charge >= 0.3 is 12.0 Å². The van der Waals surface area contributed by atoms with Gasteiger partial charge in [0.1, 0.15) is 5.54 Å². The predicted molar refractivity (Wildman–Crippen MR) is 168 cm³/mol. The molecule has 7 heteroatoms. The van der Waals surface area contributed by atoms with Gasteiger partial charge in [-0.05, 0) is 84.0 Å². The predicted octanol–water partition coefficient (Wildman–Crippen LogP) is 7.76. The van der Waals surface area contributed by atoms with Crippen molar-refractivity contribution in [1.29, 1.82) is 0 Å². The number of hydrogen-bond acceptors (Lipinski definition) is 4. The number of fused-ring (bicyclic) bond motifs is 1. The maximum absolute atomic E-state index is 13.8. The highest BCUT2D eigenvalue weighted by atomic mass is 16.5. The summed E-state index contributed by atoms with van der Waals surface area (Å²) < 4.78 is 5.14. The monoisotopic (exact) mass is 563 g/mol. The van der Waals surface area contributed by atoms with E-state index in [0.29, 0.717) is 24.2 Å². The summed E-state index contributed by atoms with van der Waals surface area (Å²) in [5, 5.41) is 10.6. The molecular weight excluding hydrogens is 526 g/mol. The fourth-order valence-electron chi connectivity index (χ4n) is 5.95. The number of methoxy groups -OCH3 is 1. The Hall–Kier alpha value is -4.65. The molecule has 0 bridgehead atoms. The van der Waals surface area contributed by atoms with Gasteiger partial charge in [0.05, 0.1) is 18.4 Å². The highest BCUT2D eigenvalue weighted by Crippen LogP contribution is 2.32. The number of carbonyl (C=O) groups excluding carboxylic acids is 3. The minimum Gasteiger partial charge on any atom is -0.467 e. The molecule has 7 nitrogen and oxygen atoms in total. The van der Waals surface area contributed by atoms with Crippen LogP contribution in [-0.4, -0.2) is 30.6 Å². The zero-order chi connectivity index (χ0) is 29.7. The van der Waals surface area contributed by atoms with Crippen LogP contribution < -0.4 is 16.0 Å². The summed E-state index contributed by atoms with van der Waals surface area (Å²) in [6, 6.07) is 24.9. The van der Waals surface area contributed by atoms with Crippen LogP contribution in [0.2, 0.25) is 0 Å². The second-order valence-electron chi connectivity index (χ2n) is 11.1. The average Bonchev–Trinajstić information content (AvgIpc) is 3.24. The number of aryl methyl sites for hydroxylation is 2. The molecule has 5 rings (SSSR count). The molecule has 0 unspecified atom stereocenters. The highest BCUT2D eigenvalue weighted by Gasteiger charge is 2.41. The van der Waals surface area contributed by atoms with Gasteiger partial charge in [-0.2, -0.15) is 0 Å². The second kappa shape index (κ2) is 12.5. The largest absolute Gasteiger partial charge is 0.467 e. The number of carbonyl (C=O) groups is 3. The molecule has 0 atom stereocenters. The van der Waals surface area contributed by atoms with E-state index in [1.165, 1.54) is 7.11 Å². The van der Waals surface area contributed by atoms with Crippen LogP contribution in [0.15, 0.2) is 78.9 Å². The van der Waals surface area contributed by atoms with Crippen molar-refractivity contribution in [2.45, 2.75) is 57.9 Å². The Morgan fingerprint density at radius 2 is 1.31 bits per heavy atom. The van der Waals surface area contributed by atoms with Crippen molar-refractivity contribution in [3.8, 4) is 11.1 Å². The van der Waals surface area contributed by atoms with Gasteiger partial charge < -0.3 is 20.7 Å². The van der Waals surface area contributed by atoms with Gasteiger partial charge in [-0.3, -0.25) is 4.79 Å². The molecule has 0 aliphatic heterocycles. The van der Waals surface area contributed by atoms with E-state index >= 15 is 0 Å². The third-order valence-corrected chi connectivity index (χ3v) is 8.14. The van der Waals surface area contributed by atoms with Crippen molar-refractivity contribution >= 4 is 40.1 Å². The second-order valence-corrected chi connectivity index (χ2v) is 11.1. The number of ether oxygens (including phenoxy) is 1. The van der Waals surface area contributed by atoms with E-state index < -0.39 is 23.4 Å². The third kappa shape index (κ3) is 6.15. The standard InChI is InChI=1S/C35H37N3O4/c1-23-19-28(25-13-7-6-8-14-25)20-24(2)31(23)37-34(41)36-30-22-27-16-10-9-15-26(27)21-29(30)32(39)38-35(33(40)42-3)17-11-4-5-12-18-35/h6-10,13-16,19-22H,4-5,11-12,17-18H2,1-3H3,(H,38,39)(H2,36,37,41). The van der Waals surface area contributed by atoms with Gasteiger partial charge in [0.15, 0.2) is 0 Å². The van der Waals surface area contributed by atoms with E-state index in [9.17, 15) is 14.4 Å². The smallest absolute Gasteiger partial charge is 0.331 e. The molecular formula is C35H37N3O4. The van der Waals surface area contributed by atoms with E-state index in [1.807, 2.05) is 68.4 Å². The topological polar surface area (TPSA) is 96.5 Å². The zero-order valence-electron chi connectivity index (χ0n) is 24.4. The first-order valence-corrected chi connectivity index (χ1v) is 14.5. The molecule has 3 N–H and O–H groups in total. The van der Waals surface area contributed by atoms with Crippen molar-refractivity contribution < 1.29 is 19.1 Å². The number of urea groups is 1. The molecule has 42 heavy (non-hydrogen) atoms. The number of amides is 3. The normalized spacial score (nSPS) is 14.5. The summed E-state index contributed by atoms with van der Waals surface area (Å²) in [5.41, 5.74) is 4.28. The lowest BCUT2D eigenvalue weighted by Gasteiger charge is -2.31. The first-order chi connectivity index (χ1) is 20.3. The summed E-state index contributed by atoms with van der Waals surface area (Å²) in [7, 11) is 1.35. The summed E-state index contributed by atoms with van der Waals surface area (Å²) in [4.78, 5) is 40.2. The van der Waals surface area contributed by atoms with Crippen molar-refractivity contribution in [1.82, 2.24) is 5.32 Å². The molecule has 1 aliphatic carbocycles. The Balaban J connectivity index is 1.44. The molecule has 1 fully saturated rings. The van der Waals surface area contributed by atoms with E-state index in [0.717, 1.165) is 58.7 Å². The van der Waals surface area contributed by atoms with Crippen LogP contribution in [0.5, 0.6) is 0 Å². The quantitative estimate of drug-likeness (QED) is 0.165. The van der Waals surface area contributed by atoms with E-state index in [4.69, 9.17) is 4.74 Å². The molecule has 0 heterocycles. The van der Waals surface area contributed by atoms with Crippen LogP contribution in [0.1, 0.15) is 60.0 Å². The number of benzene rings is 4. The van der Waals surface area contributed by atoms with Crippen LogP contribution in [-0.2, 0) is 9.53 Å². The van der Waals surface area contributed by atoms with E-state index in [1.54, 1.807) is 12.1 Å². The lowest BCUT2D eigenvalue weighted by Crippen LogP contribution is -2.54. The summed E-state index contributed by atoms with van der Waals surface area (Å²) >= 11 is 0. The Kier molecular flexibility index (Phi) is 8.57. The van der Waals surface area contributed by atoms with E-state index in [2.05, 4.69) is 28.1 Å². The van der Waals surface area contributed by atoms with Crippen LogP contribution in [0, 0.1) is 13.8 Å². The van der Waals surface area contributed by atoms with Crippen molar-refractivity contribution in [2.75, 3.05) is 17.7 Å². The molecule has 0 saturated heterocycles. The summed E-state index contributed by atoms with van der Waals surface area (Å²) in [5.74, 6) is -0.862. The minimum absolute atomic E-state index is 0.282. The lowest BCUT2D eigenvalue weighted by molar-refractivity contribution is -0.148. The van der Waals surface area contributed by atoms with E-state index in [-0.39, 0.29) is 5.56 Å². The van der Waals surface area contributed by atoms with Gasteiger partial charge in [-0.1, -0.05) is 80.3 Å². The summed E-state index contributed by atoms with van der Waals surface area (Å²) in [6.45, 7) is 3.92. The number of esters is 1. The molecule has 4 aromatic rings. The van der Waals surface area contributed by atoms with Crippen molar-refractivity contribution in [2.24, 2.45) is 0 Å². The molecule has 1 aliphatic rings. The third-order valence-electron chi connectivity index (χ3n) is 8.14. The SMILES string of the molecule is COC(=O)C1(NC(=O)c2cc3ccccc3cc2NC(=O)Nc2c(C)cc(-c3ccccc3)cc2C)CCCCCC1. The number of rotatable bonds is 6.